The van der Waals surface area contributed by atoms with Gasteiger partial charge in [0, 0.05) is 0 Å². The van der Waals surface area contributed by atoms with Crippen LogP contribution in [0.15, 0.2) is 18.2 Å². The maximum atomic E-state index is 11.0. The van der Waals surface area contributed by atoms with E-state index in [1.54, 1.807) is 0 Å². The van der Waals surface area contributed by atoms with E-state index >= 15 is 0 Å². The Kier molecular flexibility index (Phi) is 1.77. The van der Waals surface area contributed by atoms with Gasteiger partial charge in [-0.1, -0.05) is 13.0 Å². The van der Waals surface area contributed by atoms with Crippen molar-refractivity contribution < 1.29 is 4.21 Å². The van der Waals surface area contributed by atoms with Crippen molar-refractivity contribution in [2.45, 2.75) is 13.3 Å². The Morgan fingerprint density at radius 2 is 2.08 bits per heavy atom. The molecule has 3 nitrogen and oxygen atoms in total. The topological polar surface area (TPSA) is 41.1 Å². The summed E-state index contributed by atoms with van der Waals surface area (Å²) in [4.78, 5) is 0. The van der Waals surface area contributed by atoms with E-state index in [1.807, 2.05) is 18.2 Å². The van der Waals surface area contributed by atoms with Gasteiger partial charge in [-0.2, -0.15) is 0 Å². The number of aryl methyl sites for hydroxylation is 1. The van der Waals surface area contributed by atoms with Crippen molar-refractivity contribution in [1.82, 2.24) is 0 Å². The Morgan fingerprint density at radius 3 is 2.83 bits per heavy atom. The number of rotatable bonds is 1. The number of benzene rings is 1. The molecule has 0 amide bonds. The third kappa shape index (κ3) is 1.18. The molecule has 1 aliphatic heterocycles. The molecule has 12 heavy (non-hydrogen) atoms. The molecule has 0 saturated carbocycles. The highest BCUT2D eigenvalue weighted by atomic mass is 32.2. The zero-order valence-corrected chi connectivity index (χ0v) is 7.57. The molecule has 1 atom stereocenters. The average Bonchev–Trinajstić information content (AvgIpc) is 2.43. The summed E-state index contributed by atoms with van der Waals surface area (Å²) >= 11 is -1.13. The first-order valence-corrected chi connectivity index (χ1v) is 5.02. The van der Waals surface area contributed by atoms with Crippen molar-refractivity contribution in [2.75, 3.05) is 9.44 Å². The van der Waals surface area contributed by atoms with Crippen LogP contribution in [0.1, 0.15) is 12.5 Å². The molecule has 0 aromatic heterocycles. The molecule has 0 saturated heterocycles. The quantitative estimate of drug-likeness (QED) is 0.681. The fraction of sp³-hybridized carbons (Fsp3) is 0.250. The first-order valence-electron chi connectivity index (χ1n) is 3.87. The largest absolute Gasteiger partial charge is 0.286 e. The van der Waals surface area contributed by atoms with Crippen LogP contribution in [0.3, 0.4) is 0 Å². The van der Waals surface area contributed by atoms with Gasteiger partial charge in [0.05, 0.1) is 11.4 Å². The van der Waals surface area contributed by atoms with E-state index in [2.05, 4.69) is 16.4 Å². The molecule has 0 bridgehead atoms. The fourth-order valence-corrected chi connectivity index (χ4v) is 2.01. The molecule has 2 N–H and O–H groups in total. The van der Waals surface area contributed by atoms with E-state index in [0.29, 0.717) is 0 Å². The second-order valence-corrected chi connectivity index (χ2v) is 3.65. The second-order valence-electron chi connectivity index (χ2n) is 2.71. The maximum absolute atomic E-state index is 11.0. The fourth-order valence-electron chi connectivity index (χ4n) is 1.21. The first kappa shape index (κ1) is 7.61. The van der Waals surface area contributed by atoms with E-state index in [-0.39, 0.29) is 0 Å². The monoisotopic (exact) mass is 182 g/mol. The first-order chi connectivity index (χ1) is 5.79. The van der Waals surface area contributed by atoms with Crippen molar-refractivity contribution in [2.24, 2.45) is 0 Å². The molecule has 0 aliphatic carbocycles. The number of fused-ring (bicyclic) bond motifs is 1. The zero-order chi connectivity index (χ0) is 8.55. The van der Waals surface area contributed by atoms with Crippen LogP contribution in [0.4, 0.5) is 11.4 Å². The molecule has 1 unspecified atom stereocenters. The average molecular weight is 182 g/mol. The zero-order valence-electron chi connectivity index (χ0n) is 6.76. The third-order valence-electron chi connectivity index (χ3n) is 1.90. The predicted molar refractivity (Wildman–Crippen MR) is 51.2 cm³/mol. The maximum Gasteiger partial charge on any atom is 0.220 e. The van der Waals surface area contributed by atoms with Crippen LogP contribution in [0, 0.1) is 0 Å². The summed E-state index contributed by atoms with van der Waals surface area (Å²) in [5.41, 5.74) is 3.11. The Morgan fingerprint density at radius 1 is 1.33 bits per heavy atom. The molecule has 1 aromatic rings. The molecule has 0 radical (unpaired) electrons. The van der Waals surface area contributed by atoms with E-state index in [4.69, 9.17) is 0 Å². The molecule has 1 aromatic carbocycles. The van der Waals surface area contributed by atoms with Crippen LogP contribution in [-0.4, -0.2) is 4.21 Å². The van der Waals surface area contributed by atoms with Crippen molar-refractivity contribution in [3.05, 3.63) is 23.8 Å². The molecule has 4 heteroatoms. The Balaban J connectivity index is 2.41. The normalized spacial score (nSPS) is 19.6. The lowest BCUT2D eigenvalue weighted by molar-refractivity contribution is 0.690. The summed E-state index contributed by atoms with van der Waals surface area (Å²) in [7, 11) is 0. The molecule has 64 valence electrons. The molecule has 1 heterocycles. The number of nitrogens with one attached hydrogen (secondary N) is 2. The summed E-state index contributed by atoms with van der Waals surface area (Å²) in [6.07, 6.45) is 1.00. The lowest BCUT2D eigenvalue weighted by atomic mass is 10.1. The Labute approximate surface area is 73.9 Å². The van der Waals surface area contributed by atoms with Gasteiger partial charge < -0.3 is 0 Å². The van der Waals surface area contributed by atoms with E-state index in [0.717, 1.165) is 17.8 Å². The van der Waals surface area contributed by atoms with Crippen LogP contribution in [-0.2, 0) is 17.6 Å². The third-order valence-corrected chi connectivity index (χ3v) is 2.71. The number of anilines is 2. The molecule has 2 rings (SSSR count). The van der Waals surface area contributed by atoms with Gasteiger partial charge in [-0.3, -0.25) is 9.44 Å². The van der Waals surface area contributed by atoms with Gasteiger partial charge >= 0.3 is 0 Å². The molecule has 0 fully saturated rings. The van der Waals surface area contributed by atoms with Crippen molar-refractivity contribution in [1.29, 1.82) is 0 Å². The van der Waals surface area contributed by atoms with Crippen molar-refractivity contribution in [3.63, 3.8) is 0 Å². The lowest BCUT2D eigenvalue weighted by Gasteiger charge is -1.99. The minimum absolute atomic E-state index is 0.922. The summed E-state index contributed by atoms with van der Waals surface area (Å²) in [6.45, 7) is 2.10. The highest BCUT2D eigenvalue weighted by Crippen LogP contribution is 2.28. The van der Waals surface area contributed by atoms with Gasteiger partial charge in [0.1, 0.15) is 0 Å². The van der Waals surface area contributed by atoms with Gasteiger partial charge in [-0.15, -0.1) is 0 Å². The standard InChI is InChI=1S/C8H10N2OS/c1-2-6-3-4-7-8(5-6)10-12(11)9-7/h3-5,9-10H,2H2,1H3. The van der Waals surface area contributed by atoms with Gasteiger partial charge in [0.15, 0.2) is 0 Å². The minimum atomic E-state index is -1.13. The van der Waals surface area contributed by atoms with Crippen LogP contribution >= 0.6 is 0 Å². The lowest BCUT2D eigenvalue weighted by Crippen LogP contribution is -2.02. The highest BCUT2D eigenvalue weighted by molar-refractivity contribution is 7.88. The van der Waals surface area contributed by atoms with Gasteiger partial charge in [0.25, 0.3) is 0 Å². The summed E-state index contributed by atoms with van der Waals surface area (Å²) in [6, 6.07) is 6.01. The minimum Gasteiger partial charge on any atom is -0.286 e. The number of hydrogen-bond acceptors (Lipinski definition) is 1. The summed E-state index contributed by atoms with van der Waals surface area (Å²) < 4.78 is 16.6. The van der Waals surface area contributed by atoms with Gasteiger partial charge in [-0.25, -0.2) is 4.21 Å². The predicted octanol–water partition coefficient (Wildman–Crippen LogP) is 1.67. The number of hydrogen-bond donors (Lipinski definition) is 2. The molecule has 0 spiro atoms. The Hall–Kier alpha value is -1.03. The van der Waals surface area contributed by atoms with Crippen molar-refractivity contribution in [3.8, 4) is 0 Å². The van der Waals surface area contributed by atoms with Crippen LogP contribution in [0.5, 0.6) is 0 Å². The highest BCUT2D eigenvalue weighted by Gasteiger charge is 2.14. The summed E-state index contributed by atoms with van der Waals surface area (Å²) in [5.74, 6) is 0. The van der Waals surface area contributed by atoms with Crippen LogP contribution in [0.2, 0.25) is 0 Å². The van der Waals surface area contributed by atoms with Gasteiger partial charge in [-0.05, 0) is 24.1 Å². The molecular formula is C8H10N2OS. The van der Waals surface area contributed by atoms with E-state index in [1.165, 1.54) is 5.56 Å². The smallest absolute Gasteiger partial charge is 0.220 e. The SMILES string of the molecule is CCc1ccc2c(c1)NS(=O)N2. The van der Waals surface area contributed by atoms with Crippen molar-refractivity contribution >= 4 is 22.5 Å². The molecular weight excluding hydrogens is 172 g/mol. The van der Waals surface area contributed by atoms with E-state index in [9.17, 15) is 4.21 Å². The van der Waals surface area contributed by atoms with E-state index < -0.39 is 11.2 Å². The second kappa shape index (κ2) is 2.79. The Bertz CT molecular complexity index is 338. The van der Waals surface area contributed by atoms with Crippen LogP contribution in [0.25, 0.3) is 0 Å². The van der Waals surface area contributed by atoms with Gasteiger partial charge in [0.2, 0.25) is 11.2 Å². The van der Waals surface area contributed by atoms with Crippen LogP contribution < -0.4 is 9.44 Å². The molecule has 1 aliphatic rings. The summed E-state index contributed by atoms with van der Waals surface area (Å²) in [5, 5.41) is 0.